The average Bonchev–Trinajstić information content (AvgIpc) is 1.35. The van der Waals surface area contributed by atoms with Crippen LogP contribution in [0.5, 0.6) is 0 Å². The molecule has 0 saturated heterocycles. The van der Waals surface area contributed by atoms with Crippen LogP contribution in [0, 0.1) is 0 Å². The fourth-order valence-corrected chi connectivity index (χ4v) is 0. The summed E-state index contributed by atoms with van der Waals surface area (Å²) in [5, 5.41) is 0. The van der Waals surface area contributed by atoms with Gasteiger partial charge in [-0.25, -0.2) is 0 Å². The normalized spacial score (nSPS) is 11.3. The Balaban J connectivity index is 3.85. The molecule has 4 nitrogen and oxygen atoms in total. The quantitative estimate of drug-likeness (QED) is 0.390. The van der Waals surface area contributed by atoms with Crippen molar-refractivity contribution in [1.82, 2.24) is 0 Å². The van der Waals surface area contributed by atoms with E-state index in [9.17, 15) is 8.42 Å². The van der Waals surface area contributed by atoms with Crippen LogP contribution in [-0.2, 0) is 34.0 Å². The molecule has 0 unspecified atom stereocenters. The maximum atomic E-state index is 9.33. The van der Waals surface area contributed by atoms with Crippen molar-refractivity contribution < 1.29 is 36.6 Å². The van der Waals surface area contributed by atoms with Gasteiger partial charge in [-0.15, -0.1) is 0 Å². The van der Waals surface area contributed by atoms with Crippen molar-refractivity contribution >= 4 is 10.4 Å². The maximum absolute atomic E-state index is 9.33. The first-order valence-electron chi connectivity index (χ1n) is 0.887. The molecular formula is HO4STi. The Morgan fingerprint density at radius 3 is 1.83 bits per heavy atom. The van der Waals surface area contributed by atoms with E-state index in [4.69, 9.17) is 4.55 Å². The SMILES string of the molecule is O=S(=O)(O)[O][Ti]. The van der Waals surface area contributed by atoms with Crippen molar-refractivity contribution in [2.45, 2.75) is 0 Å². The topological polar surface area (TPSA) is 63.6 Å². The summed E-state index contributed by atoms with van der Waals surface area (Å²) in [5.41, 5.74) is 0. The first-order valence-corrected chi connectivity index (χ1v) is 2.89. The van der Waals surface area contributed by atoms with Crippen LogP contribution >= 0.6 is 0 Å². The second kappa shape index (κ2) is 2.04. The van der Waals surface area contributed by atoms with Crippen LogP contribution in [0.1, 0.15) is 0 Å². The van der Waals surface area contributed by atoms with Crippen molar-refractivity contribution in [3.8, 4) is 0 Å². The standard InChI is InChI=1S/H2O4S.Ti/c1-5(2,3)4;/h(H2,1,2,3,4);/q;+1/p-1. The third kappa shape index (κ3) is 4.58. The summed E-state index contributed by atoms with van der Waals surface area (Å²) in [6.45, 7) is 0. The summed E-state index contributed by atoms with van der Waals surface area (Å²) in [6, 6.07) is 0. The molecule has 0 amide bonds. The van der Waals surface area contributed by atoms with Gasteiger partial charge in [-0.05, 0) is 0 Å². The first kappa shape index (κ1) is 6.58. The zero-order valence-corrected chi connectivity index (χ0v) is 4.96. The molecule has 0 heterocycles. The predicted octanol–water partition coefficient (Wildman–Crippen LogP) is -0.732. The van der Waals surface area contributed by atoms with Gasteiger partial charge in [-0.3, -0.25) is 0 Å². The van der Waals surface area contributed by atoms with Gasteiger partial charge in [0.1, 0.15) is 0 Å². The van der Waals surface area contributed by atoms with Gasteiger partial charge >= 0.3 is 47.0 Å². The average molecular weight is 145 g/mol. The van der Waals surface area contributed by atoms with Gasteiger partial charge in [0.25, 0.3) is 0 Å². The van der Waals surface area contributed by atoms with Crippen molar-refractivity contribution in [2.75, 3.05) is 0 Å². The van der Waals surface area contributed by atoms with Crippen molar-refractivity contribution in [2.24, 2.45) is 0 Å². The zero-order chi connectivity index (χ0) is 5.21. The van der Waals surface area contributed by atoms with E-state index in [2.05, 4.69) is 2.76 Å². The fraction of sp³-hybridized carbons (Fsp3) is 0. The summed E-state index contributed by atoms with van der Waals surface area (Å²) >= 11 is 0.870. The molecule has 0 bridgehead atoms. The van der Waals surface area contributed by atoms with Gasteiger partial charge in [0.15, 0.2) is 0 Å². The van der Waals surface area contributed by atoms with Crippen LogP contribution in [0.25, 0.3) is 0 Å². The van der Waals surface area contributed by atoms with Crippen LogP contribution in [0.3, 0.4) is 0 Å². The van der Waals surface area contributed by atoms with E-state index in [0.29, 0.717) is 0 Å². The molecular weight excluding hydrogens is 144 g/mol. The van der Waals surface area contributed by atoms with Crippen LogP contribution < -0.4 is 0 Å². The van der Waals surface area contributed by atoms with E-state index < -0.39 is 10.4 Å². The molecule has 6 heavy (non-hydrogen) atoms. The van der Waals surface area contributed by atoms with Gasteiger partial charge < -0.3 is 0 Å². The second-order valence-corrected chi connectivity index (χ2v) is 2.31. The molecule has 0 atom stereocenters. The molecule has 1 N–H and O–H groups in total. The molecule has 0 spiro atoms. The van der Waals surface area contributed by atoms with Gasteiger partial charge in [0.2, 0.25) is 0 Å². The molecule has 0 aromatic heterocycles. The molecule has 0 aromatic rings. The van der Waals surface area contributed by atoms with Crippen molar-refractivity contribution in [3.63, 3.8) is 0 Å². The Hall–Kier alpha value is 0.584. The van der Waals surface area contributed by atoms with Crippen LogP contribution in [0.4, 0.5) is 0 Å². The van der Waals surface area contributed by atoms with E-state index >= 15 is 0 Å². The fourth-order valence-electron chi connectivity index (χ4n) is 0. The van der Waals surface area contributed by atoms with E-state index in [-0.39, 0.29) is 0 Å². The molecule has 0 aliphatic carbocycles. The Morgan fingerprint density at radius 1 is 1.67 bits per heavy atom. The van der Waals surface area contributed by atoms with Crippen molar-refractivity contribution in [1.29, 1.82) is 0 Å². The number of rotatable bonds is 1. The minimum atomic E-state index is -4.16. The van der Waals surface area contributed by atoms with Crippen LogP contribution in [0.2, 0.25) is 0 Å². The third-order valence-electron chi connectivity index (χ3n) is 0.105. The Labute approximate surface area is 47.3 Å². The second-order valence-electron chi connectivity index (χ2n) is 0.511. The molecule has 0 aliphatic heterocycles. The van der Waals surface area contributed by atoms with E-state index in [1.54, 1.807) is 0 Å². The number of hydrogen-bond donors (Lipinski definition) is 1. The molecule has 0 saturated carbocycles. The Morgan fingerprint density at radius 2 is 1.83 bits per heavy atom. The first-order chi connectivity index (χ1) is 2.56. The van der Waals surface area contributed by atoms with Gasteiger partial charge in [0.05, 0.1) is 0 Å². The Bertz CT molecular complexity index is 110. The van der Waals surface area contributed by atoms with Crippen LogP contribution in [-0.4, -0.2) is 13.0 Å². The zero-order valence-electron chi connectivity index (χ0n) is 2.58. The van der Waals surface area contributed by atoms with E-state index in [1.807, 2.05) is 0 Å². The van der Waals surface area contributed by atoms with E-state index in [0.717, 1.165) is 20.8 Å². The monoisotopic (exact) mass is 145 g/mol. The molecule has 0 radical (unpaired) electrons. The van der Waals surface area contributed by atoms with Gasteiger partial charge in [0, 0.05) is 0 Å². The minimum absolute atomic E-state index is 0.870. The summed E-state index contributed by atoms with van der Waals surface area (Å²) in [7, 11) is -4.16. The van der Waals surface area contributed by atoms with Gasteiger partial charge in [-0.1, -0.05) is 0 Å². The molecule has 0 rings (SSSR count). The molecule has 6 heteroatoms. The van der Waals surface area contributed by atoms with E-state index in [1.165, 1.54) is 0 Å². The third-order valence-corrected chi connectivity index (χ3v) is 1.30. The van der Waals surface area contributed by atoms with Gasteiger partial charge in [-0.2, -0.15) is 0 Å². The molecule has 0 aromatic carbocycles. The number of hydrogen-bond acceptors (Lipinski definition) is 3. The summed E-state index contributed by atoms with van der Waals surface area (Å²) in [4.78, 5) is 0. The van der Waals surface area contributed by atoms with Crippen molar-refractivity contribution in [3.05, 3.63) is 0 Å². The summed E-state index contributed by atoms with van der Waals surface area (Å²) < 4.78 is 29.7. The summed E-state index contributed by atoms with van der Waals surface area (Å²) in [5.74, 6) is 0. The molecule has 0 fully saturated rings. The Kier molecular flexibility index (Phi) is 2.24. The molecule has 0 aliphatic rings. The predicted molar refractivity (Wildman–Crippen MR) is 12.6 cm³/mol. The molecule has 35 valence electrons. The summed E-state index contributed by atoms with van der Waals surface area (Å²) in [6.07, 6.45) is 0. The van der Waals surface area contributed by atoms with Crippen LogP contribution in [0.15, 0.2) is 0 Å².